The Hall–Kier alpha value is -3.40. The van der Waals surface area contributed by atoms with Gasteiger partial charge in [0.25, 0.3) is 0 Å². The third-order valence-corrected chi connectivity index (χ3v) is 3.97. The number of imidazole rings is 1. The smallest absolute Gasteiger partial charge is 0.308 e. The Balaban J connectivity index is 1.89. The van der Waals surface area contributed by atoms with Gasteiger partial charge < -0.3 is 4.74 Å². The Labute approximate surface area is 145 Å². The maximum Gasteiger partial charge on any atom is 0.308 e. The van der Waals surface area contributed by atoms with E-state index >= 15 is 0 Å². The molecule has 0 fully saturated rings. The molecule has 0 aliphatic rings. The van der Waals surface area contributed by atoms with Crippen LogP contribution in [-0.4, -0.2) is 15.4 Å². The Morgan fingerprint density at radius 1 is 0.880 bits per heavy atom. The molecule has 2 heterocycles. The molecule has 0 spiro atoms. The van der Waals surface area contributed by atoms with E-state index < -0.39 is 0 Å². The fourth-order valence-corrected chi connectivity index (χ4v) is 2.92. The molecular weight excluding hydrogens is 312 g/mol. The van der Waals surface area contributed by atoms with Crippen LogP contribution in [0.15, 0.2) is 79.0 Å². The summed E-state index contributed by atoms with van der Waals surface area (Å²) in [5, 5.41) is 0. The second-order valence-corrected chi connectivity index (χ2v) is 5.72. The average Bonchev–Trinajstić information content (AvgIpc) is 3.02. The fraction of sp³-hybridized carbons (Fsp3) is 0.0476. The second kappa shape index (κ2) is 6.24. The van der Waals surface area contributed by atoms with E-state index in [0.29, 0.717) is 5.75 Å². The molecule has 25 heavy (non-hydrogen) atoms. The lowest BCUT2D eigenvalue weighted by Gasteiger charge is -2.07. The maximum absolute atomic E-state index is 11.1. The van der Waals surface area contributed by atoms with E-state index in [4.69, 9.17) is 9.72 Å². The zero-order chi connectivity index (χ0) is 17.2. The number of pyridine rings is 1. The van der Waals surface area contributed by atoms with Crippen molar-refractivity contribution in [3.8, 4) is 28.3 Å². The van der Waals surface area contributed by atoms with Gasteiger partial charge in [-0.15, -0.1) is 0 Å². The Morgan fingerprint density at radius 3 is 2.32 bits per heavy atom. The number of nitrogens with zero attached hydrogens (tertiary/aromatic N) is 2. The van der Waals surface area contributed by atoms with Crippen LogP contribution in [0.2, 0.25) is 0 Å². The van der Waals surface area contributed by atoms with Crippen LogP contribution in [0, 0.1) is 0 Å². The lowest BCUT2D eigenvalue weighted by atomic mass is 10.0. The zero-order valence-electron chi connectivity index (χ0n) is 13.7. The monoisotopic (exact) mass is 328 g/mol. The highest BCUT2D eigenvalue weighted by Gasteiger charge is 2.15. The molecule has 0 radical (unpaired) electrons. The number of hydrogen-bond acceptors (Lipinski definition) is 3. The molecule has 0 N–H and O–H groups in total. The van der Waals surface area contributed by atoms with Crippen molar-refractivity contribution in [2.75, 3.05) is 0 Å². The summed E-state index contributed by atoms with van der Waals surface area (Å²) < 4.78 is 7.20. The van der Waals surface area contributed by atoms with Gasteiger partial charge in [0.15, 0.2) is 0 Å². The Kier molecular flexibility index (Phi) is 3.78. The van der Waals surface area contributed by atoms with Crippen molar-refractivity contribution < 1.29 is 9.53 Å². The van der Waals surface area contributed by atoms with Crippen LogP contribution >= 0.6 is 0 Å². The molecule has 0 aliphatic carbocycles. The third-order valence-electron chi connectivity index (χ3n) is 3.97. The molecule has 0 unspecified atom stereocenters. The molecule has 0 atom stereocenters. The summed E-state index contributed by atoms with van der Waals surface area (Å²) in [7, 11) is 0. The molecule has 4 heteroatoms. The molecule has 2 aromatic carbocycles. The van der Waals surface area contributed by atoms with E-state index in [-0.39, 0.29) is 5.97 Å². The Bertz CT molecular complexity index is 1030. The Morgan fingerprint density at radius 2 is 1.60 bits per heavy atom. The van der Waals surface area contributed by atoms with Gasteiger partial charge in [-0.25, -0.2) is 4.98 Å². The standard InChI is InChI=1S/C21H16N2O2/c1-15(24)25-18-12-10-17(11-13-18)21-20(16-7-3-2-4-8-16)22-19-9-5-6-14-23(19)21/h2-14H,1H3. The van der Waals surface area contributed by atoms with E-state index in [2.05, 4.69) is 16.5 Å². The number of fused-ring (bicyclic) bond motifs is 1. The number of hydrogen-bond donors (Lipinski definition) is 0. The number of carbonyl (C=O) groups is 1. The van der Waals surface area contributed by atoms with Crippen molar-refractivity contribution in [2.45, 2.75) is 6.92 Å². The largest absolute Gasteiger partial charge is 0.427 e. The molecule has 122 valence electrons. The second-order valence-electron chi connectivity index (χ2n) is 5.72. The zero-order valence-corrected chi connectivity index (χ0v) is 13.7. The lowest BCUT2D eigenvalue weighted by Crippen LogP contribution is -2.01. The van der Waals surface area contributed by atoms with Crippen molar-refractivity contribution in [2.24, 2.45) is 0 Å². The van der Waals surface area contributed by atoms with Gasteiger partial charge in [-0.05, 0) is 36.4 Å². The van der Waals surface area contributed by atoms with E-state index in [9.17, 15) is 4.79 Å². The maximum atomic E-state index is 11.1. The van der Waals surface area contributed by atoms with Crippen LogP contribution in [0.3, 0.4) is 0 Å². The molecule has 0 saturated heterocycles. The first-order chi connectivity index (χ1) is 12.2. The molecule has 4 rings (SSSR count). The van der Waals surface area contributed by atoms with Crippen molar-refractivity contribution >= 4 is 11.6 Å². The first kappa shape index (κ1) is 15.1. The number of rotatable bonds is 3. The van der Waals surface area contributed by atoms with Gasteiger partial charge in [0.1, 0.15) is 11.4 Å². The van der Waals surface area contributed by atoms with Crippen LogP contribution < -0.4 is 4.74 Å². The van der Waals surface area contributed by atoms with E-state index in [1.165, 1.54) is 6.92 Å². The summed E-state index contributed by atoms with van der Waals surface area (Å²) in [4.78, 5) is 15.9. The van der Waals surface area contributed by atoms with Crippen molar-refractivity contribution in [1.82, 2.24) is 9.38 Å². The average molecular weight is 328 g/mol. The van der Waals surface area contributed by atoms with Crippen LogP contribution in [0.5, 0.6) is 5.75 Å². The number of carbonyl (C=O) groups excluding carboxylic acids is 1. The van der Waals surface area contributed by atoms with Gasteiger partial charge in [-0.2, -0.15) is 0 Å². The van der Waals surface area contributed by atoms with Crippen molar-refractivity contribution in [1.29, 1.82) is 0 Å². The highest BCUT2D eigenvalue weighted by Crippen LogP contribution is 2.33. The number of benzene rings is 2. The molecule has 4 nitrogen and oxygen atoms in total. The van der Waals surface area contributed by atoms with Gasteiger partial charge >= 0.3 is 5.97 Å². The number of aromatic nitrogens is 2. The van der Waals surface area contributed by atoms with Crippen LogP contribution in [-0.2, 0) is 4.79 Å². The molecule has 0 amide bonds. The normalized spacial score (nSPS) is 10.8. The van der Waals surface area contributed by atoms with Gasteiger partial charge in [0, 0.05) is 24.2 Å². The lowest BCUT2D eigenvalue weighted by molar-refractivity contribution is -0.131. The highest BCUT2D eigenvalue weighted by atomic mass is 16.5. The van der Waals surface area contributed by atoms with Gasteiger partial charge in [0.2, 0.25) is 0 Å². The molecule has 0 aliphatic heterocycles. The van der Waals surface area contributed by atoms with Crippen molar-refractivity contribution in [3.05, 3.63) is 79.0 Å². The van der Waals surface area contributed by atoms with E-state index in [0.717, 1.165) is 28.2 Å². The molecule has 4 aromatic rings. The van der Waals surface area contributed by atoms with Gasteiger partial charge in [-0.3, -0.25) is 9.20 Å². The summed E-state index contributed by atoms with van der Waals surface area (Å²) in [6.45, 7) is 1.39. The van der Waals surface area contributed by atoms with Crippen LogP contribution in [0.1, 0.15) is 6.92 Å². The summed E-state index contributed by atoms with van der Waals surface area (Å²) in [6.07, 6.45) is 2.00. The minimum atomic E-state index is -0.326. The van der Waals surface area contributed by atoms with Crippen molar-refractivity contribution in [3.63, 3.8) is 0 Å². The summed E-state index contributed by atoms with van der Waals surface area (Å²) >= 11 is 0. The van der Waals surface area contributed by atoms with Crippen LogP contribution in [0.25, 0.3) is 28.2 Å². The highest BCUT2D eigenvalue weighted by molar-refractivity contribution is 5.82. The van der Waals surface area contributed by atoms with Gasteiger partial charge in [-0.1, -0.05) is 36.4 Å². The first-order valence-corrected chi connectivity index (χ1v) is 8.04. The first-order valence-electron chi connectivity index (χ1n) is 8.04. The third kappa shape index (κ3) is 2.90. The van der Waals surface area contributed by atoms with E-state index in [1.807, 2.05) is 54.7 Å². The summed E-state index contributed by atoms with van der Waals surface area (Å²) in [6, 6.07) is 23.6. The predicted molar refractivity (Wildman–Crippen MR) is 97.4 cm³/mol. The van der Waals surface area contributed by atoms with E-state index in [1.54, 1.807) is 12.1 Å². The predicted octanol–water partition coefficient (Wildman–Crippen LogP) is 4.59. The topological polar surface area (TPSA) is 43.6 Å². The molecule has 0 bridgehead atoms. The van der Waals surface area contributed by atoms with Gasteiger partial charge in [0.05, 0.1) is 11.4 Å². The minimum absolute atomic E-state index is 0.326. The molecular formula is C21H16N2O2. The quantitative estimate of drug-likeness (QED) is 0.408. The minimum Gasteiger partial charge on any atom is -0.427 e. The fourth-order valence-electron chi connectivity index (χ4n) is 2.92. The summed E-state index contributed by atoms with van der Waals surface area (Å²) in [5.41, 5.74) is 4.89. The number of ether oxygens (including phenoxy) is 1. The number of esters is 1. The molecule has 2 aromatic heterocycles. The summed E-state index contributed by atoms with van der Waals surface area (Å²) in [5.74, 6) is 0.207. The van der Waals surface area contributed by atoms with Crippen LogP contribution in [0.4, 0.5) is 0 Å². The molecule has 0 saturated carbocycles. The SMILES string of the molecule is CC(=O)Oc1ccc(-c2c(-c3ccccc3)nc3ccccn23)cc1.